The van der Waals surface area contributed by atoms with Gasteiger partial charge in [-0.1, -0.05) is 18.2 Å². The van der Waals surface area contributed by atoms with Crippen LogP contribution in [0.3, 0.4) is 0 Å². The van der Waals surface area contributed by atoms with Gasteiger partial charge in [0.25, 0.3) is 5.91 Å². The number of aromatic nitrogens is 1. The van der Waals surface area contributed by atoms with Crippen LogP contribution < -0.4 is 5.32 Å². The molecule has 0 aliphatic carbocycles. The predicted octanol–water partition coefficient (Wildman–Crippen LogP) is 1.88. The van der Waals surface area contributed by atoms with Gasteiger partial charge in [-0.2, -0.15) is 0 Å². The topological polar surface area (TPSA) is 81.6 Å². The first-order chi connectivity index (χ1) is 13.7. The van der Waals surface area contributed by atoms with Crippen LogP contribution in [0.4, 0.5) is 0 Å². The number of para-hydroxylation sites is 1. The normalized spacial score (nSPS) is 14.6. The third-order valence-corrected chi connectivity index (χ3v) is 5.17. The lowest BCUT2D eigenvalue weighted by atomic mass is 10.1. The minimum Gasteiger partial charge on any atom is -0.459 e. The molecule has 0 unspecified atom stereocenters. The number of fused-ring (bicyclic) bond motifs is 1. The molecule has 1 aliphatic heterocycles. The second-order valence-electron chi connectivity index (χ2n) is 6.94. The lowest BCUT2D eigenvalue weighted by Gasteiger charge is -2.34. The Morgan fingerprint density at radius 1 is 1.04 bits per heavy atom. The highest BCUT2D eigenvalue weighted by Crippen LogP contribution is 2.17. The largest absolute Gasteiger partial charge is 0.459 e. The van der Waals surface area contributed by atoms with Crippen LogP contribution >= 0.6 is 0 Å². The molecule has 7 heteroatoms. The Labute approximate surface area is 163 Å². The van der Waals surface area contributed by atoms with E-state index in [9.17, 15) is 9.59 Å². The summed E-state index contributed by atoms with van der Waals surface area (Å²) in [4.78, 5) is 31.5. The Morgan fingerprint density at radius 3 is 2.61 bits per heavy atom. The smallest absolute Gasteiger partial charge is 0.289 e. The molecule has 3 aromatic rings. The highest BCUT2D eigenvalue weighted by atomic mass is 16.3. The predicted molar refractivity (Wildman–Crippen MR) is 106 cm³/mol. The first-order valence-corrected chi connectivity index (χ1v) is 9.58. The lowest BCUT2D eigenvalue weighted by Crippen LogP contribution is -2.52. The van der Waals surface area contributed by atoms with Gasteiger partial charge in [0.2, 0.25) is 5.91 Å². The molecule has 0 bridgehead atoms. The molecule has 2 aromatic heterocycles. The Bertz CT molecular complexity index is 940. The third-order valence-electron chi connectivity index (χ3n) is 5.17. The van der Waals surface area contributed by atoms with Crippen LogP contribution in [0.25, 0.3) is 10.9 Å². The molecule has 2 N–H and O–H groups in total. The zero-order chi connectivity index (χ0) is 19.3. The van der Waals surface area contributed by atoms with E-state index in [4.69, 9.17) is 4.42 Å². The van der Waals surface area contributed by atoms with E-state index in [1.165, 1.54) is 17.2 Å². The van der Waals surface area contributed by atoms with Gasteiger partial charge >= 0.3 is 0 Å². The number of nitrogens with zero attached hydrogens (tertiary/aromatic N) is 2. The number of hydrogen-bond donors (Lipinski definition) is 2. The molecule has 28 heavy (non-hydrogen) atoms. The summed E-state index contributed by atoms with van der Waals surface area (Å²) in [6.07, 6.45) is 4.39. The van der Waals surface area contributed by atoms with E-state index >= 15 is 0 Å². The maximum absolute atomic E-state index is 12.4. The van der Waals surface area contributed by atoms with Crippen LogP contribution in [0.2, 0.25) is 0 Å². The Kier molecular flexibility index (Phi) is 5.43. The molecular formula is C21H24N4O3. The van der Waals surface area contributed by atoms with Crippen molar-refractivity contribution in [2.24, 2.45) is 0 Å². The summed E-state index contributed by atoms with van der Waals surface area (Å²) in [6, 6.07) is 11.6. The number of benzene rings is 1. The zero-order valence-electron chi connectivity index (χ0n) is 15.7. The summed E-state index contributed by atoms with van der Waals surface area (Å²) in [5, 5.41) is 4.47. The van der Waals surface area contributed by atoms with Crippen LogP contribution in [-0.2, 0) is 11.2 Å². The summed E-state index contributed by atoms with van der Waals surface area (Å²) in [6.45, 7) is 3.21. The number of carbonyl (C=O) groups excluding carboxylic acids is 2. The monoisotopic (exact) mass is 380 g/mol. The molecular weight excluding hydrogens is 356 g/mol. The van der Waals surface area contributed by atoms with E-state index in [0.29, 0.717) is 38.5 Å². The highest BCUT2D eigenvalue weighted by Gasteiger charge is 2.25. The van der Waals surface area contributed by atoms with Gasteiger partial charge in [0.15, 0.2) is 5.76 Å². The average molecular weight is 380 g/mol. The summed E-state index contributed by atoms with van der Waals surface area (Å²) >= 11 is 0. The van der Waals surface area contributed by atoms with E-state index in [1.807, 2.05) is 23.2 Å². The van der Waals surface area contributed by atoms with Gasteiger partial charge in [0.1, 0.15) is 0 Å². The van der Waals surface area contributed by atoms with Crippen molar-refractivity contribution in [1.29, 1.82) is 0 Å². The number of H-pyrrole nitrogens is 1. The Balaban J connectivity index is 1.19. The Morgan fingerprint density at radius 2 is 1.82 bits per heavy atom. The highest BCUT2D eigenvalue weighted by molar-refractivity contribution is 5.91. The number of rotatable bonds is 6. The minimum absolute atomic E-state index is 0.0732. The molecule has 4 rings (SSSR count). The van der Waals surface area contributed by atoms with Crippen LogP contribution in [-0.4, -0.2) is 65.9 Å². The fourth-order valence-corrected chi connectivity index (χ4v) is 3.58. The molecule has 0 radical (unpaired) electrons. The molecule has 3 heterocycles. The molecule has 0 spiro atoms. The van der Waals surface area contributed by atoms with Crippen molar-refractivity contribution in [3.8, 4) is 0 Å². The van der Waals surface area contributed by atoms with Gasteiger partial charge in [-0.05, 0) is 36.7 Å². The molecule has 0 saturated carbocycles. The fourth-order valence-electron chi connectivity index (χ4n) is 3.58. The van der Waals surface area contributed by atoms with Gasteiger partial charge in [0.05, 0.1) is 12.8 Å². The van der Waals surface area contributed by atoms with E-state index in [2.05, 4.69) is 22.4 Å². The quantitative estimate of drug-likeness (QED) is 0.640. The van der Waals surface area contributed by atoms with Crippen molar-refractivity contribution in [2.75, 3.05) is 39.3 Å². The molecule has 1 aromatic carbocycles. The summed E-state index contributed by atoms with van der Waals surface area (Å²) < 4.78 is 5.16. The summed E-state index contributed by atoms with van der Waals surface area (Å²) in [7, 11) is 0. The molecule has 0 atom stereocenters. The van der Waals surface area contributed by atoms with E-state index in [-0.39, 0.29) is 11.8 Å². The number of hydrogen-bond acceptors (Lipinski definition) is 4. The Hall–Kier alpha value is -3.06. The molecule has 1 aliphatic rings. The fraction of sp³-hybridized carbons (Fsp3) is 0.333. The number of amides is 2. The van der Waals surface area contributed by atoms with Gasteiger partial charge < -0.3 is 24.5 Å². The van der Waals surface area contributed by atoms with Crippen molar-refractivity contribution < 1.29 is 14.0 Å². The van der Waals surface area contributed by atoms with E-state index in [1.54, 1.807) is 17.0 Å². The van der Waals surface area contributed by atoms with Crippen molar-refractivity contribution in [2.45, 2.75) is 6.42 Å². The first kappa shape index (κ1) is 18.3. The van der Waals surface area contributed by atoms with Crippen LogP contribution in [0.1, 0.15) is 16.1 Å². The molecule has 2 amide bonds. The minimum atomic E-state index is -0.117. The van der Waals surface area contributed by atoms with Gasteiger partial charge in [0, 0.05) is 43.3 Å². The van der Waals surface area contributed by atoms with Crippen LogP contribution in [0.5, 0.6) is 0 Å². The second kappa shape index (κ2) is 8.31. The SMILES string of the molecule is O=C(CNCCc1c[nH]c2ccccc12)N1CCN(C(=O)c2ccco2)CC1. The number of nitrogens with one attached hydrogen (secondary N) is 2. The number of furan rings is 1. The van der Waals surface area contributed by atoms with Crippen LogP contribution in [0.15, 0.2) is 53.3 Å². The zero-order valence-corrected chi connectivity index (χ0v) is 15.7. The molecule has 7 nitrogen and oxygen atoms in total. The number of aromatic amines is 1. The maximum atomic E-state index is 12.4. The van der Waals surface area contributed by atoms with Crippen molar-refractivity contribution in [3.05, 3.63) is 60.2 Å². The standard InChI is InChI=1S/C21H24N4O3/c26-20(15-22-8-7-16-14-23-18-5-2-1-4-17(16)18)24-9-11-25(12-10-24)21(27)19-6-3-13-28-19/h1-6,13-14,22-23H,7-12,15H2. The van der Waals surface area contributed by atoms with E-state index < -0.39 is 0 Å². The van der Waals surface area contributed by atoms with Gasteiger partial charge in [-0.15, -0.1) is 0 Å². The van der Waals surface area contributed by atoms with Crippen molar-refractivity contribution in [3.63, 3.8) is 0 Å². The van der Waals surface area contributed by atoms with Crippen LogP contribution in [0, 0.1) is 0 Å². The number of piperazine rings is 1. The average Bonchev–Trinajstić information content (AvgIpc) is 3.41. The number of carbonyl (C=O) groups is 2. The van der Waals surface area contributed by atoms with Gasteiger partial charge in [-0.3, -0.25) is 9.59 Å². The molecule has 1 fully saturated rings. The van der Waals surface area contributed by atoms with E-state index in [0.717, 1.165) is 18.5 Å². The lowest BCUT2D eigenvalue weighted by molar-refractivity contribution is -0.131. The molecule has 146 valence electrons. The molecule has 1 saturated heterocycles. The van der Waals surface area contributed by atoms with Crippen molar-refractivity contribution >= 4 is 22.7 Å². The second-order valence-corrected chi connectivity index (χ2v) is 6.94. The summed E-state index contributed by atoms with van der Waals surface area (Å²) in [5.74, 6) is 0.303. The third kappa shape index (κ3) is 3.94. The maximum Gasteiger partial charge on any atom is 0.289 e. The summed E-state index contributed by atoms with van der Waals surface area (Å²) in [5.41, 5.74) is 2.39. The van der Waals surface area contributed by atoms with Gasteiger partial charge in [-0.25, -0.2) is 0 Å². The van der Waals surface area contributed by atoms with Crippen molar-refractivity contribution in [1.82, 2.24) is 20.1 Å². The first-order valence-electron chi connectivity index (χ1n) is 9.58.